The Morgan fingerprint density at radius 2 is 1.60 bits per heavy atom. The van der Waals surface area contributed by atoms with E-state index in [1.54, 1.807) is 36.4 Å². The standard InChI is InChI=1S/C35H46N8O7/c1-19-32(45)41-27(33(46)42-28(18-38)23-6-7-23)16-22-5-9-29(49-13-11-36)25(15-22)26-17-24(8-10-30(26)50-14-12-37)31(34(47)40-19)43(4)35(48)20(2)39-21(3)44/h5,8-10,15,17,19-20,23,27-28,31H,6-7,11-14,16,36-37H2,1-4H3,(H,39,44)(H,40,47)(H,41,45)(H,42,46)/t19-,20-,27-,28+,31-/m0/s1. The predicted octanol–water partition coefficient (Wildman–Crippen LogP) is 0.0167. The molecule has 5 amide bonds. The minimum Gasteiger partial charge on any atom is -0.492 e. The largest absolute Gasteiger partial charge is 0.492 e. The Balaban J connectivity index is 1.90. The number of nitrogens with zero attached hydrogens (tertiary/aromatic N) is 2. The van der Waals surface area contributed by atoms with E-state index in [1.807, 2.05) is 0 Å². The normalized spacial score (nSPS) is 20.1. The molecule has 2 aliphatic rings. The van der Waals surface area contributed by atoms with Crippen LogP contribution in [0.4, 0.5) is 0 Å². The maximum absolute atomic E-state index is 14.1. The van der Waals surface area contributed by atoms with Gasteiger partial charge in [0.15, 0.2) is 0 Å². The number of carbonyl (C=O) groups excluding carboxylic acids is 5. The molecule has 1 aliphatic heterocycles. The highest BCUT2D eigenvalue weighted by molar-refractivity contribution is 5.96. The second kappa shape index (κ2) is 17.0. The van der Waals surface area contributed by atoms with Gasteiger partial charge in [0, 0.05) is 44.6 Å². The van der Waals surface area contributed by atoms with Crippen molar-refractivity contribution in [1.29, 1.82) is 5.26 Å². The lowest BCUT2D eigenvalue weighted by molar-refractivity contribution is -0.142. The summed E-state index contributed by atoms with van der Waals surface area (Å²) in [6.45, 7) is 5.06. The van der Waals surface area contributed by atoms with Crippen molar-refractivity contribution in [2.24, 2.45) is 17.4 Å². The van der Waals surface area contributed by atoms with Crippen LogP contribution in [0.15, 0.2) is 36.4 Å². The van der Waals surface area contributed by atoms with E-state index < -0.39 is 59.7 Å². The van der Waals surface area contributed by atoms with Crippen molar-refractivity contribution < 1.29 is 33.4 Å². The highest BCUT2D eigenvalue weighted by atomic mass is 16.5. The van der Waals surface area contributed by atoms with Gasteiger partial charge in [-0.15, -0.1) is 0 Å². The van der Waals surface area contributed by atoms with E-state index in [0.717, 1.165) is 12.8 Å². The van der Waals surface area contributed by atoms with Crippen molar-refractivity contribution in [3.8, 4) is 28.7 Å². The number of nitrogens with one attached hydrogen (secondary N) is 4. The van der Waals surface area contributed by atoms with Crippen LogP contribution in [0.2, 0.25) is 0 Å². The van der Waals surface area contributed by atoms with Crippen molar-refractivity contribution >= 4 is 29.5 Å². The first-order valence-electron chi connectivity index (χ1n) is 16.7. The Labute approximate surface area is 291 Å². The first-order valence-corrected chi connectivity index (χ1v) is 16.7. The molecule has 50 heavy (non-hydrogen) atoms. The maximum Gasteiger partial charge on any atom is 0.248 e. The Hall–Kier alpha value is -5.20. The van der Waals surface area contributed by atoms with E-state index in [-0.39, 0.29) is 38.6 Å². The highest BCUT2D eigenvalue weighted by Gasteiger charge is 2.37. The van der Waals surface area contributed by atoms with Gasteiger partial charge >= 0.3 is 0 Å². The number of benzene rings is 2. The van der Waals surface area contributed by atoms with E-state index in [1.165, 1.54) is 32.7 Å². The van der Waals surface area contributed by atoms with Gasteiger partial charge in [-0.2, -0.15) is 5.26 Å². The zero-order chi connectivity index (χ0) is 36.5. The van der Waals surface area contributed by atoms with Crippen LogP contribution in [0.25, 0.3) is 11.1 Å². The van der Waals surface area contributed by atoms with Crippen LogP contribution in [-0.4, -0.2) is 92.0 Å². The van der Waals surface area contributed by atoms with Crippen LogP contribution < -0.4 is 42.2 Å². The molecular weight excluding hydrogens is 644 g/mol. The minimum atomic E-state index is -1.27. The van der Waals surface area contributed by atoms with E-state index in [0.29, 0.717) is 33.8 Å². The highest BCUT2D eigenvalue weighted by Crippen LogP contribution is 2.40. The number of nitriles is 1. The number of ether oxygens (including phenoxy) is 2. The summed E-state index contributed by atoms with van der Waals surface area (Å²) in [4.78, 5) is 67.8. The molecule has 268 valence electrons. The molecule has 1 saturated carbocycles. The first kappa shape index (κ1) is 37.6. The number of amides is 5. The number of rotatable bonds is 12. The number of hydrogen-bond acceptors (Lipinski definition) is 10. The monoisotopic (exact) mass is 690 g/mol. The maximum atomic E-state index is 14.1. The summed E-state index contributed by atoms with van der Waals surface area (Å²) in [6.07, 6.45) is 1.69. The number of carbonyl (C=O) groups is 5. The average Bonchev–Trinajstić information content (AvgIpc) is 3.93. The Kier molecular flexibility index (Phi) is 12.8. The number of likely N-dealkylation sites (N-methyl/N-ethyl adjacent to an activating group) is 1. The van der Waals surface area contributed by atoms with E-state index >= 15 is 0 Å². The molecule has 8 N–H and O–H groups in total. The summed E-state index contributed by atoms with van der Waals surface area (Å²) in [6, 6.07) is 7.24. The third-order valence-corrected chi connectivity index (χ3v) is 8.53. The van der Waals surface area contributed by atoms with Gasteiger partial charge in [-0.25, -0.2) is 0 Å². The van der Waals surface area contributed by atoms with E-state index in [9.17, 15) is 29.2 Å². The number of hydrogen-bond donors (Lipinski definition) is 6. The van der Waals surface area contributed by atoms with Crippen molar-refractivity contribution in [2.75, 3.05) is 33.4 Å². The topological polar surface area (TPSA) is 231 Å². The minimum absolute atomic E-state index is 0.0464. The molecule has 1 aliphatic carbocycles. The smallest absolute Gasteiger partial charge is 0.248 e. The van der Waals surface area contributed by atoms with Gasteiger partial charge in [0.2, 0.25) is 29.5 Å². The molecule has 1 fully saturated rings. The molecule has 0 saturated heterocycles. The van der Waals surface area contributed by atoms with Crippen LogP contribution in [-0.2, 0) is 30.4 Å². The van der Waals surface area contributed by atoms with Gasteiger partial charge in [0.1, 0.15) is 54.9 Å². The molecule has 1 heterocycles. The van der Waals surface area contributed by atoms with Crippen LogP contribution >= 0.6 is 0 Å². The van der Waals surface area contributed by atoms with Gasteiger partial charge < -0.3 is 47.1 Å². The van der Waals surface area contributed by atoms with Gasteiger partial charge in [0.05, 0.1) is 6.07 Å². The lowest BCUT2D eigenvalue weighted by Crippen LogP contribution is -2.56. The molecule has 15 nitrogen and oxygen atoms in total. The molecule has 0 unspecified atom stereocenters. The van der Waals surface area contributed by atoms with Gasteiger partial charge in [0.25, 0.3) is 0 Å². The fraction of sp³-hybridized carbons (Fsp3) is 0.486. The molecule has 0 aromatic heterocycles. The zero-order valence-corrected chi connectivity index (χ0v) is 28.8. The fourth-order valence-electron chi connectivity index (χ4n) is 5.82. The Morgan fingerprint density at radius 1 is 0.980 bits per heavy atom. The third kappa shape index (κ3) is 9.27. The summed E-state index contributed by atoms with van der Waals surface area (Å²) < 4.78 is 12.1. The molecule has 4 bridgehead atoms. The molecule has 0 spiro atoms. The number of fused-ring (bicyclic) bond motifs is 5. The Bertz CT molecular complexity index is 1640. The lowest BCUT2D eigenvalue weighted by atomic mass is 9.93. The lowest BCUT2D eigenvalue weighted by Gasteiger charge is -2.32. The summed E-state index contributed by atoms with van der Waals surface area (Å²) in [5.74, 6) is -1.97. The van der Waals surface area contributed by atoms with Crippen LogP contribution in [0.3, 0.4) is 0 Å². The second-order valence-corrected chi connectivity index (χ2v) is 12.6. The van der Waals surface area contributed by atoms with Crippen LogP contribution in [0.5, 0.6) is 11.5 Å². The van der Waals surface area contributed by atoms with E-state index in [2.05, 4.69) is 27.3 Å². The molecular formula is C35H46N8O7. The summed E-state index contributed by atoms with van der Waals surface area (Å²) >= 11 is 0. The fourth-order valence-corrected chi connectivity index (χ4v) is 5.82. The number of nitrogens with two attached hydrogens (primary N) is 2. The average molecular weight is 691 g/mol. The quantitative estimate of drug-likeness (QED) is 0.175. The van der Waals surface area contributed by atoms with Crippen molar-refractivity contribution in [3.05, 3.63) is 47.5 Å². The predicted molar refractivity (Wildman–Crippen MR) is 183 cm³/mol. The van der Waals surface area contributed by atoms with Crippen LogP contribution in [0, 0.1) is 17.2 Å². The molecule has 2 aromatic carbocycles. The summed E-state index contributed by atoms with van der Waals surface area (Å²) in [5.41, 5.74) is 13.6. The SMILES string of the molecule is CC(=O)N[C@@H](C)C(=O)N(C)[C@@H]1C(=O)N[C@@H](C)C(=O)N[C@H](C(=O)N[C@H](C#N)C2CC2)Cc2ccc(OCCN)c(c2)-c2cc1ccc2OCCN. The summed E-state index contributed by atoms with van der Waals surface area (Å²) in [7, 11) is 1.43. The van der Waals surface area contributed by atoms with Crippen molar-refractivity contribution in [3.63, 3.8) is 0 Å². The summed E-state index contributed by atoms with van der Waals surface area (Å²) in [5, 5.41) is 20.4. The van der Waals surface area contributed by atoms with Gasteiger partial charge in [-0.05, 0) is 68.0 Å². The molecule has 5 atom stereocenters. The van der Waals surface area contributed by atoms with Crippen molar-refractivity contribution in [1.82, 2.24) is 26.2 Å². The zero-order valence-electron chi connectivity index (χ0n) is 28.8. The first-order chi connectivity index (χ1) is 23.9. The second-order valence-electron chi connectivity index (χ2n) is 12.6. The Morgan fingerprint density at radius 3 is 2.18 bits per heavy atom. The molecule has 4 rings (SSSR count). The van der Waals surface area contributed by atoms with Gasteiger partial charge in [-0.3, -0.25) is 24.0 Å². The molecule has 2 aromatic rings. The van der Waals surface area contributed by atoms with Gasteiger partial charge in [-0.1, -0.05) is 12.1 Å². The van der Waals surface area contributed by atoms with E-state index in [4.69, 9.17) is 20.9 Å². The molecule has 15 heteroatoms. The van der Waals surface area contributed by atoms with Crippen LogP contribution in [0.1, 0.15) is 50.8 Å². The third-order valence-electron chi connectivity index (χ3n) is 8.53. The molecule has 0 radical (unpaired) electrons. The van der Waals surface area contributed by atoms with Crippen molar-refractivity contribution in [2.45, 2.75) is 70.2 Å².